The molecule has 0 fully saturated rings. The number of carbonyl (C=O) groups is 1. The monoisotopic (exact) mass is 376 g/mol. The Bertz CT molecular complexity index is 1060. The summed E-state index contributed by atoms with van der Waals surface area (Å²) in [4.78, 5) is 17.3. The summed E-state index contributed by atoms with van der Waals surface area (Å²) < 4.78 is 7.69. The van der Waals surface area contributed by atoms with E-state index < -0.39 is 0 Å². The molecule has 0 aliphatic rings. The predicted octanol–water partition coefficient (Wildman–Crippen LogP) is 3.88. The molecule has 0 unspecified atom stereocenters. The van der Waals surface area contributed by atoms with Crippen molar-refractivity contribution in [1.82, 2.24) is 14.8 Å². The quantitative estimate of drug-likeness (QED) is 0.410. The minimum absolute atomic E-state index is 0.183. The van der Waals surface area contributed by atoms with Crippen molar-refractivity contribution < 1.29 is 9.53 Å². The molecule has 0 atom stereocenters. The summed E-state index contributed by atoms with van der Waals surface area (Å²) in [6.07, 6.45) is 5.53. The van der Waals surface area contributed by atoms with Crippen molar-refractivity contribution in [3.05, 3.63) is 83.6 Å². The minimum Gasteiger partial charge on any atom is -0.457 e. The van der Waals surface area contributed by atoms with Gasteiger partial charge in [0.1, 0.15) is 11.5 Å². The summed E-state index contributed by atoms with van der Waals surface area (Å²) in [5.41, 5.74) is 4.07. The van der Waals surface area contributed by atoms with Crippen LogP contribution in [-0.4, -0.2) is 21.5 Å². The Morgan fingerprint density at radius 2 is 2.04 bits per heavy atom. The molecule has 6 nitrogen and oxygen atoms in total. The molecule has 2 heterocycles. The van der Waals surface area contributed by atoms with E-state index in [0.29, 0.717) is 11.4 Å². The first-order valence-electron chi connectivity index (χ1n) is 8.32. The number of hydrogen-bond donors (Lipinski definition) is 1. The van der Waals surface area contributed by atoms with Crippen LogP contribution in [0.3, 0.4) is 0 Å². The van der Waals surface area contributed by atoms with E-state index >= 15 is 0 Å². The number of benzene rings is 2. The molecule has 0 spiro atoms. The van der Waals surface area contributed by atoms with Gasteiger partial charge in [-0.25, -0.2) is 10.4 Å². The Labute approximate surface area is 159 Å². The van der Waals surface area contributed by atoms with Gasteiger partial charge in [0, 0.05) is 17.8 Å². The molecular weight excluding hydrogens is 360 g/mol. The highest BCUT2D eigenvalue weighted by Crippen LogP contribution is 2.21. The summed E-state index contributed by atoms with van der Waals surface area (Å²) in [6, 6.07) is 17.0. The molecule has 0 saturated carbocycles. The van der Waals surface area contributed by atoms with Crippen molar-refractivity contribution in [2.24, 2.45) is 5.10 Å². The van der Waals surface area contributed by atoms with Crippen molar-refractivity contribution in [2.75, 3.05) is 0 Å². The first-order valence-corrected chi connectivity index (χ1v) is 9.20. The fraction of sp³-hybridized carbons (Fsp3) is 0.0500. The van der Waals surface area contributed by atoms with E-state index in [9.17, 15) is 4.79 Å². The van der Waals surface area contributed by atoms with Crippen LogP contribution in [0.25, 0.3) is 4.96 Å². The molecule has 0 radical (unpaired) electrons. The lowest BCUT2D eigenvalue weighted by Crippen LogP contribution is -2.19. The summed E-state index contributed by atoms with van der Waals surface area (Å²) in [5, 5.41) is 5.97. The fourth-order valence-corrected chi connectivity index (χ4v) is 3.25. The lowest BCUT2D eigenvalue weighted by molar-refractivity contribution is -0.120. The number of thiazole rings is 1. The lowest BCUT2D eigenvalue weighted by atomic mass is 10.2. The van der Waals surface area contributed by atoms with Gasteiger partial charge >= 0.3 is 0 Å². The van der Waals surface area contributed by atoms with Gasteiger partial charge in [0.2, 0.25) is 5.91 Å². The van der Waals surface area contributed by atoms with Crippen LogP contribution < -0.4 is 10.2 Å². The van der Waals surface area contributed by atoms with E-state index in [2.05, 4.69) is 15.5 Å². The first-order chi connectivity index (χ1) is 13.3. The number of carbonyl (C=O) groups excluding carboxylic acids is 1. The maximum Gasteiger partial charge on any atom is 0.246 e. The number of para-hydroxylation sites is 1. The summed E-state index contributed by atoms with van der Waals surface area (Å²) >= 11 is 1.53. The molecule has 2 aromatic heterocycles. The second-order valence-electron chi connectivity index (χ2n) is 5.78. The number of aromatic nitrogens is 2. The summed E-state index contributed by atoms with van der Waals surface area (Å²) in [6.45, 7) is 0. The summed E-state index contributed by atoms with van der Waals surface area (Å²) in [7, 11) is 0. The smallest absolute Gasteiger partial charge is 0.246 e. The van der Waals surface area contributed by atoms with Gasteiger partial charge in [-0.3, -0.25) is 9.20 Å². The van der Waals surface area contributed by atoms with Gasteiger partial charge in [-0.1, -0.05) is 30.3 Å². The van der Waals surface area contributed by atoms with Gasteiger partial charge in [0.05, 0.1) is 18.3 Å². The number of hydrogen-bond acceptors (Lipinski definition) is 5. The highest BCUT2D eigenvalue weighted by atomic mass is 32.1. The fourth-order valence-electron chi connectivity index (χ4n) is 2.53. The van der Waals surface area contributed by atoms with Crippen LogP contribution >= 0.6 is 11.3 Å². The standard InChI is InChI=1S/C20H16N4O2S/c25-19(12-16-14-24-9-10-27-20(24)22-16)23-21-13-15-5-4-8-18(11-15)26-17-6-2-1-3-7-17/h1-11,13-14H,12H2,(H,23,25)/b21-13+. The molecule has 4 rings (SSSR count). The number of fused-ring (bicyclic) bond motifs is 1. The summed E-state index contributed by atoms with van der Waals surface area (Å²) in [5.74, 6) is 1.25. The minimum atomic E-state index is -0.214. The number of imidazole rings is 1. The third-order valence-corrected chi connectivity index (χ3v) is 4.50. The molecule has 1 N–H and O–H groups in total. The Balaban J connectivity index is 1.34. The number of nitrogens with zero attached hydrogens (tertiary/aromatic N) is 3. The average molecular weight is 376 g/mol. The van der Waals surface area contributed by atoms with E-state index in [4.69, 9.17) is 4.74 Å². The number of ether oxygens (including phenoxy) is 1. The maximum absolute atomic E-state index is 12.0. The third kappa shape index (κ3) is 4.39. The van der Waals surface area contributed by atoms with Crippen LogP contribution in [0.5, 0.6) is 11.5 Å². The zero-order valence-corrected chi connectivity index (χ0v) is 15.1. The molecule has 2 aromatic carbocycles. The molecule has 1 amide bonds. The Hall–Kier alpha value is -3.45. The highest BCUT2D eigenvalue weighted by molar-refractivity contribution is 7.15. The predicted molar refractivity (Wildman–Crippen MR) is 105 cm³/mol. The topological polar surface area (TPSA) is 68.0 Å². The SMILES string of the molecule is O=C(Cc1cn2ccsc2n1)N/N=C/c1cccc(Oc2ccccc2)c1. The van der Waals surface area contributed by atoms with Crippen LogP contribution in [0.1, 0.15) is 11.3 Å². The Kier molecular flexibility index (Phi) is 4.93. The van der Waals surface area contributed by atoms with E-state index in [1.54, 1.807) is 6.21 Å². The van der Waals surface area contributed by atoms with E-state index in [-0.39, 0.29) is 12.3 Å². The number of rotatable bonds is 6. The lowest BCUT2D eigenvalue weighted by Gasteiger charge is -2.05. The zero-order chi connectivity index (χ0) is 18.5. The van der Waals surface area contributed by atoms with E-state index in [0.717, 1.165) is 16.3 Å². The number of amides is 1. The van der Waals surface area contributed by atoms with E-state index in [1.165, 1.54) is 11.3 Å². The van der Waals surface area contributed by atoms with Crippen molar-refractivity contribution in [1.29, 1.82) is 0 Å². The molecule has 0 aliphatic carbocycles. The Morgan fingerprint density at radius 1 is 1.19 bits per heavy atom. The highest BCUT2D eigenvalue weighted by Gasteiger charge is 2.07. The van der Waals surface area contributed by atoms with Gasteiger partial charge in [-0.15, -0.1) is 11.3 Å². The molecular formula is C20H16N4O2S. The van der Waals surface area contributed by atoms with Gasteiger partial charge < -0.3 is 4.74 Å². The van der Waals surface area contributed by atoms with Gasteiger partial charge in [-0.05, 0) is 29.8 Å². The van der Waals surface area contributed by atoms with Gasteiger partial charge in [-0.2, -0.15) is 5.10 Å². The van der Waals surface area contributed by atoms with E-state index in [1.807, 2.05) is 76.8 Å². The molecule has 7 heteroatoms. The normalized spacial score (nSPS) is 11.1. The van der Waals surface area contributed by atoms with Crippen molar-refractivity contribution in [3.8, 4) is 11.5 Å². The van der Waals surface area contributed by atoms with Crippen LogP contribution in [0.4, 0.5) is 0 Å². The van der Waals surface area contributed by atoms with Crippen LogP contribution in [0, 0.1) is 0 Å². The molecule has 4 aromatic rings. The van der Waals surface area contributed by atoms with Gasteiger partial charge in [0.15, 0.2) is 4.96 Å². The third-order valence-electron chi connectivity index (χ3n) is 3.72. The zero-order valence-electron chi connectivity index (χ0n) is 14.3. The van der Waals surface area contributed by atoms with Crippen LogP contribution in [0.2, 0.25) is 0 Å². The average Bonchev–Trinajstić information content (AvgIpc) is 3.24. The molecule has 0 bridgehead atoms. The van der Waals surface area contributed by atoms with Crippen LogP contribution in [-0.2, 0) is 11.2 Å². The molecule has 134 valence electrons. The molecule has 0 aliphatic heterocycles. The largest absolute Gasteiger partial charge is 0.457 e. The van der Waals surface area contributed by atoms with Gasteiger partial charge in [0.25, 0.3) is 0 Å². The number of nitrogens with one attached hydrogen (secondary N) is 1. The second kappa shape index (κ2) is 7.84. The molecule has 0 saturated heterocycles. The van der Waals surface area contributed by atoms with Crippen molar-refractivity contribution in [2.45, 2.75) is 6.42 Å². The maximum atomic E-state index is 12.0. The number of hydrazone groups is 1. The second-order valence-corrected chi connectivity index (χ2v) is 6.66. The van der Waals surface area contributed by atoms with Crippen molar-refractivity contribution in [3.63, 3.8) is 0 Å². The van der Waals surface area contributed by atoms with Crippen LogP contribution in [0.15, 0.2) is 77.5 Å². The molecule has 27 heavy (non-hydrogen) atoms. The first kappa shape index (κ1) is 17.0. The Morgan fingerprint density at radius 3 is 2.89 bits per heavy atom. The van der Waals surface area contributed by atoms with Crippen molar-refractivity contribution >= 4 is 28.4 Å².